The normalized spacial score (nSPS) is 10.5. The van der Waals surface area contributed by atoms with Crippen molar-refractivity contribution in [2.24, 2.45) is 0 Å². The summed E-state index contributed by atoms with van der Waals surface area (Å²) in [6.45, 7) is 0.463. The van der Waals surface area contributed by atoms with Gasteiger partial charge in [-0.15, -0.1) is 0 Å². The summed E-state index contributed by atoms with van der Waals surface area (Å²) in [7, 11) is 0. The lowest BCUT2D eigenvalue weighted by molar-refractivity contribution is -0.384. The maximum Gasteiger partial charge on any atom is 0.312 e. The monoisotopic (exact) mass is 248 g/mol. The third kappa shape index (κ3) is 2.35. The molecule has 0 aromatic carbocycles. The molecule has 0 amide bonds. The van der Waals surface area contributed by atoms with E-state index in [9.17, 15) is 10.1 Å². The first-order valence-corrected chi connectivity index (χ1v) is 5.47. The van der Waals surface area contributed by atoms with Crippen molar-refractivity contribution in [3.8, 4) is 0 Å². The predicted octanol–water partition coefficient (Wildman–Crippen LogP) is 1.33. The number of pyridine rings is 2. The van der Waals surface area contributed by atoms with E-state index in [0.29, 0.717) is 29.7 Å². The van der Waals surface area contributed by atoms with Gasteiger partial charge >= 0.3 is 5.69 Å². The van der Waals surface area contributed by atoms with Crippen molar-refractivity contribution in [3.63, 3.8) is 0 Å². The number of anilines is 1. The molecule has 7 heteroatoms. The highest BCUT2D eigenvalue weighted by molar-refractivity contribution is 5.92. The van der Waals surface area contributed by atoms with Crippen LogP contribution < -0.4 is 5.32 Å². The molecule has 0 bridgehead atoms. The molecule has 0 saturated carbocycles. The van der Waals surface area contributed by atoms with Crippen LogP contribution in [0.25, 0.3) is 11.0 Å². The molecule has 2 aromatic heterocycles. The first kappa shape index (κ1) is 12.2. The lowest BCUT2D eigenvalue weighted by Crippen LogP contribution is -2.07. The van der Waals surface area contributed by atoms with Crippen LogP contribution in [0.2, 0.25) is 0 Å². The molecule has 2 aromatic rings. The summed E-state index contributed by atoms with van der Waals surface area (Å²) >= 11 is 0. The Morgan fingerprint density at radius 1 is 1.44 bits per heavy atom. The number of rotatable bonds is 5. The fraction of sp³-hybridized carbons (Fsp3) is 0.273. The lowest BCUT2D eigenvalue weighted by atomic mass is 10.2. The second-order valence-corrected chi connectivity index (χ2v) is 3.65. The van der Waals surface area contributed by atoms with Crippen LogP contribution in [0.5, 0.6) is 0 Å². The van der Waals surface area contributed by atoms with Crippen LogP contribution in [0, 0.1) is 10.1 Å². The van der Waals surface area contributed by atoms with Gasteiger partial charge in [-0.2, -0.15) is 0 Å². The van der Waals surface area contributed by atoms with Crippen LogP contribution in [0.15, 0.2) is 24.5 Å². The average Bonchev–Trinajstić information content (AvgIpc) is 2.38. The molecule has 0 spiro atoms. The highest BCUT2D eigenvalue weighted by Gasteiger charge is 2.18. The first-order chi connectivity index (χ1) is 8.74. The maximum absolute atomic E-state index is 10.9. The van der Waals surface area contributed by atoms with Crippen molar-refractivity contribution >= 4 is 22.4 Å². The Kier molecular flexibility index (Phi) is 3.63. The van der Waals surface area contributed by atoms with Crippen LogP contribution in [0.3, 0.4) is 0 Å². The molecule has 0 saturated heterocycles. The van der Waals surface area contributed by atoms with Crippen molar-refractivity contribution in [2.75, 3.05) is 18.5 Å². The van der Waals surface area contributed by atoms with Gasteiger partial charge in [0.25, 0.3) is 0 Å². The standard InChI is InChI=1S/C11H12N4O3/c16-6-2-5-13-11-9(15(17)18)7-14-8-3-1-4-12-10(8)11/h1,3-4,7,16H,2,5-6H2,(H,13,14). The van der Waals surface area contributed by atoms with E-state index in [1.54, 1.807) is 18.3 Å². The van der Waals surface area contributed by atoms with Gasteiger partial charge in [-0.25, -0.2) is 4.98 Å². The van der Waals surface area contributed by atoms with E-state index in [-0.39, 0.29) is 12.3 Å². The van der Waals surface area contributed by atoms with Crippen molar-refractivity contribution in [3.05, 3.63) is 34.6 Å². The Hall–Kier alpha value is -2.28. The predicted molar refractivity (Wildman–Crippen MR) is 66.4 cm³/mol. The minimum absolute atomic E-state index is 0.0250. The quantitative estimate of drug-likeness (QED) is 0.470. The Balaban J connectivity index is 2.48. The smallest absolute Gasteiger partial charge is 0.312 e. The minimum Gasteiger partial charge on any atom is -0.396 e. The van der Waals surface area contributed by atoms with Crippen LogP contribution in [0.4, 0.5) is 11.4 Å². The Bertz CT molecular complexity index is 573. The van der Waals surface area contributed by atoms with Gasteiger partial charge in [-0.05, 0) is 18.6 Å². The zero-order valence-corrected chi connectivity index (χ0v) is 9.54. The molecule has 94 valence electrons. The van der Waals surface area contributed by atoms with E-state index in [4.69, 9.17) is 5.11 Å². The number of nitrogens with one attached hydrogen (secondary N) is 1. The molecular formula is C11H12N4O3. The summed E-state index contributed by atoms with van der Waals surface area (Å²) in [4.78, 5) is 18.6. The number of aliphatic hydroxyl groups excluding tert-OH is 1. The number of fused-ring (bicyclic) bond motifs is 1. The molecule has 7 nitrogen and oxygen atoms in total. The largest absolute Gasteiger partial charge is 0.396 e. The van der Waals surface area contributed by atoms with E-state index < -0.39 is 4.92 Å². The lowest BCUT2D eigenvalue weighted by Gasteiger charge is -2.08. The third-order valence-corrected chi connectivity index (χ3v) is 2.44. The van der Waals surface area contributed by atoms with Gasteiger partial charge in [0, 0.05) is 19.3 Å². The third-order valence-electron chi connectivity index (χ3n) is 2.44. The van der Waals surface area contributed by atoms with E-state index in [1.807, 2.05) is 0 Å². The highest BCUT2D eigenvalue weighted by atomic mass is 16.6. The van der Waals surface area contributed by atoms with Crippen molar-refractivity contribution in [1.82, 2.24) is 9.97 Å². The van der Waals surface area contributed by atoms with Gasteiger partial charge < -0.3 is 10.4 Å². The van der Waals surface area contributed by atoms with Gasteiger partial charge in [0.05, 0.1) is 10.4 Å². The molecule has 0 aliphatic rings. The molecular weight excluding hydrogens is 236 g/mol. The summed E-state index contributed by atoms with van der Waals surface area (Å²) in [5.41, 5.74) is 1.29. The molecule has 18 heavy (non-hydrogen) atoms. The van der Waals surface area contributed by atoms with E-state index >= 15 is 0 Å². The molecule has 0 atom stereocenters. The molecule has 2 heterocycles. The molecule has 0 aliphatic heterocycles. The maximum atomic E-state index is 10.9. The number of aliphatic hydroxyl groups is 1. The summed E-state index contributed by atoms with van der Waals surface area (Å²) in [6.07, 6.45) is 3.28. The molecule has 0 unspecified atom stereocenters. The van der Waals surface area contributed by atoms with E-state index in [0.717, 1.165) is 0 Å². The zero-order valence-electron chi connectivity index (χ0n) is 9.54. The molecule has 0 radical (unpaired) electrons. The topological polar surface area (TPSA) is 101 Å². The molecule has 2 rings (SSSR count). The summed E-state index contributed by atoms with van der Waals surface area (Å²) in [5.74, 6) is 0. The second kappa shape index (κ2) is 5.37. The van der Waals surface area contributed by atoms with Gasteiger partial charge in [-0.1, -0.05) is 0 Å². The summed E-state index contributed by atoms with van der Waals surface area (Å²) in [6, 6.07) is 3.46. The van der Waals surface area contributed by atoms with Crippen molar-refractivity contribution in [2.45, 2.75) is 6.42 Å². The second-order valence-electron chi connectivity index (χ2n) is 3.65. The summed E-state index contributed by atoms with van der Waals surface area (Å²) in [5, 5.41) is 22.6. The Morgan fingerprint density at radius 2 is 2.28 bits per heavy atom. The number of hydrogen-bond acceptors (Lipinski definition) is 6. The fourth-order valence-corrected chi connectivity index (χ4v) is 1.62. The average molecular weight is 248 g/mol. The molecule has 2 N–H and O–H groups in total. The van der Waals surface area contributed by atoms with Crippen LogP contribution in [0.1, 0.15) is 6.42 Å². The molecule has 0 aliphatic carbocycles. The number of nitro groups is 1. The van der Waals surface area contributed by atoms with Crippen LogP contribution >= 0.6 is 0 Å². The number of hydrogen-bond donors (Lipinski definition) is 2. The minimum atomic E-state index is -0.498. The van der Waals surface area contributed by atoms with Gasteiger partial charge in [0.2, 0.25) is 0 Å². The fourth-order valence-electron chi connectivity index (χ4n) is 1.62. The highest BCUT2D eigenvalue weighted by Crippen LogP contribution is 2.29. The first-order valence-electron chi connectivity index (χ1n) is 5.47. The molecule has 0 fully saturated rings. The Morgan fingerprint density at radius 3 is 3.00 bits per heavy atom. The van der Waals surface area contributed by atoms with Crippen LogP contribution in [-0.4, -0.2) is 33.1 Å². The van der Waals surface area contributed by atoms with Crippen molar-refractivity contribution in [1.29, 1.82) is 0 Å². The SMILES string of the molecule is O=[N+]([O-])c1cnc2cccnc2c1NCCCO. The van der Waals surface area contributed by atoms with Gasteiger partial charge in [-0.3, -0.25) is 15.1 Å². The zero-order chi connectivity index (χ0) is 13.0. The van der Waals surface area contributed by atoms with E-state index in [2.05, 4.69) is 15.3 Å². The van der Waals surface area contributed by atoms with Crippen molar-refractivity contribution < 1.29 is 10.0 Å². The number of nitrogens with zero attached hydrogens (tertiary/aromatic N) is 3. The van der Waals surface area contributed by atoms with Crippen LogP contribution in [-0.2, 0) is 0 Å². The van der Waals surface area contributed by atoms with E-state index in [1.165, 1.54) is 6.20 Å². The Labute approximate surface area is 103 Å². The summed E-state index contributed by atoms with van der Waals surface area (Å²) < 4.78 is 0. The number of aromatic nitrogens is 2. The van der Waals surface area contributed by atoms with Gasteiger partial charge in [0.15, 0.2) is 0 Å². The van der Waals surface area contributed by atoms with Gasteiger partial charge in [0.1, 0.15) is 17.4 Å².